The first kappa shape index (κ1) is 18.7. The minimum absolute atomic E-state index is 0.143. The average Bonchev–Trinajstić information content (AvgIpc) is 3.11. The molecule has 0 unspecified atom stereocenters. The van der Waals surface area contributed by atoms with Crippen molar-refractivity contribution >= 4 is 15.7 Å². The highest BCUT2D eigenvalue weighted by Gasteiger charge is 2.25. The normalized spacial score (nSPS) is 17.5. The lowest BCUT2D eigenvalue weighted by molar-refractivity contribution is 0.414. The van der Waals surface area contributed by atoms with Crippen molar-refractivity contribution in [2.75, 3.05) is 31.6 Å². The number of rotatable bonds is 7. The molecule has 2 aromatic rings. The van der Waals surface area contributed by atoms with Crippen LogP contribution >= 0.6 is 0 Å². The van der Waals surface area contributed by atoms with E-state index in [2.05, 4.69) is 9.62 Å². The standard InChI is InChI=1S/C19H23FN2O3S/c1-25-19-5-3-2-4-18(19)22-11-10-16(13-22)12-21-26(23,24)14-15-6-8-17(20)9-7-15/h2-9,16,21H,10-14H2,1H3/t16-/m0/s1. The minimum Gasteiger partial charge on any atom is -0.495 e. The molecule has 26 heavy (non-hydrogen) atoms. The molecule has 5 nitrogen and oxygen atoms in total. The molecule has 1 aliphatic rings. The van der Waals surface area contributed by atoms with Gasteiger partial charge >= 0.3 is 0 Å². The Labute approximate surface area is 153 Å². The molecule has 1 saturated heterocycles. The maximum absolute atomic E-state index is 12.9. The van der Waals surface area contributed by atoms with Crippen molar-refractivity contribution < 1.29 is 17.5 Å². The van der Waals surface area contributed by atoms with Crippen LogP contribution in [-0.4, -0.2) is 35.2 Å². The summed E-state index contributed by atoms with van der Waals surface area (Å²) in [5.41, 5.74) is 1.60. The van der Waals surface area contributed by atoms with Gasteiger partial charge in [-0.15, -0.1) is 0 Å². The molecule has 0 bridgehead atoms. The molecular weight excluding hydrogens is 355 g/mol. The van der Waals surface area contributed by atoms with Crippen LogP contribution in [0.5, 0.6) is 5.75 Å². The summed E-state index contributed by atoms with van der Waals surface area (Å²) in [4.78, 5) is 2.22. The molecule has 7 heteroatoms. The molecule has 3 rings (SSSR count). The lowest BCUT2D eigenvalue weighted by Crippen LogP contribution is -2.32. The molecule has 2 aromatic carbocycles. The molecule has 0 aromatic heterocycles. The smallest absolute Gasteiger partial charge is 0.215 e. The van der Waals surface area contributed by atoms with E-state index < -0.39 is 10.0 Å². The molecule has 1 atom stereocenters. The monoisotopic (exact) mass is 378 g/mol. The third kappa shape index (κ3) is 4.74. The van der Waals surface area contributed by atoms with Crippen molar-refractivity contribution in [3.63, 3.8) is 0 Å². The summed E-state index contributed by atoms with van der Waals surface area (Å²) in [5.74, 6) is 0.547. The predicted octanol–water partition coefficient (Wildman–Crippen LogP) is 2.78. The third-order valence-corrected chi connectivity index (χ3v) is 5.89. The van der Waals surface area contributed by atoms with E-state index in [-0.39, 0.29) is 17.5 Å². The summed E-state index contributed by atoms with van der Waals surface area (Å²) in [6.07, 6.45) is 0.914. The molecule has 1 N–H and O–H groups in total. The number of halogens is 1. The van der Waals surface area contributed by atoms with E-state index in [9.17, 15) is 12.8 Å². The van der Waals surface area contributed by atoms with E-state index in [1.807, 2.05) is 24.3 Å². The Hall–Kier alpha value is -2.12. The zero-order valence-electron chi connectivity index (χ0n) is 14.7. The van der Waals surface area contributed by atoms with Crippen LogP contribution in [0.3, 0.4) is 0 Å². The average molecular weight is 378 g/mol. The van der Waals surface area contributed by atoms with Gasteiger partial charge in [0.05, 0.1) is 18.6 Å². The Morgan fingerprint density at radius 3 is 2.65 bits per heavy atom. The summed E-state index contributed by atoms with van der Waals surface area (Å²) in [5, 5.41) is 0. The van der Waals surface area contributed by atoms with Gasteiger partial charge in [-0.05, 0) is 42.2 Å². The van der Waals surface area contributed by atoms with Gasteiger partial charge in [-0.3, -0.25) is 0 Å². The van der Waals surface area contributed by atoms with Crippen molar-refractivity contribution in [1.82, 2.24) is 4.72 Å². The minimum atomic E-state index is -3.45. The van der Waals surface area contributed by atoms with Crippen LogP contribution in [0.25, 0.3) is 0 Å². The van der Waals surface area contributed by atoms with Gasteiger partial charge in [0.1, 0.15) is 11.6 Å². The van der Waals surface area contributed by atoms with Gasteiger partial charge in [-0.1, -0.05) is 24.3 Å². The highest BCUT2D eigenvalue weighted by Crippen LogP contribution is 2.31. The second-order valence-corrected chi connectivity index (χ2v) is 8.31. The zero-order valence-corrected chi connectivity index (χ0v) is 15.5. The molecule has 1 heterocycles. The number of para-hydroxylation sites is 2. The Bertz CT molecular complexity index is 840. The number of benzene rings is 2. The van der Waals surface area contributed by atoms with E-state index in [1.165, 1.54) is 24.3 Å². The molecule has 0 amide bonds. The number of nitrogens with zero attached hydrogens (tertiary/aromatic N) is 1. The zero-order chi connectivity index (χ0) is 18.6. The molecule has 0 spiro atoms. The van der Waals surface area contributed by atoms with E-state index in [0.717, 1.165) is 30.9 Å². The van der Waals surface area contributed by atoms with Crippen LogP contribution in [0.4, 0.5) is 10.1 Å². The quantitative estimate of drug-likeness (QED) is 0.805. The van der Waals surface area contributed by atoms with Gasteiger partial charge in [0.15, 0.2) is 0 Å². The third-order valence-electron chi connectivity index (χ3n) is 4.57. The fraction of sp³-hybridized carbons (Fsp3) is 0.368. The van der Waals surface area contributed by atoms with E-state index in [0.29, 0.717) is 12.1 Å². The van der Waals surface area contributed by atoms with Gasteiger partial charge in [-0.25, -0.2) is 17.5 Å². The summed E-state index contributed by atoms with van der Waals surface area (Å²) in [6.45, 7) is 2.04. The topological polar surface area (TPSA) is 58.6 Å². The Morgan fingerprint density at radius 1 is 1.19 bits per heavy atom. The Kier molecular flexibility index (Phi) is 5.78. The molecule has 0 saturated carbocycles. The Morgan fingerprint density at radius 2 is 1.92 bits per heavy atom. The first-order valence-corrected chi connectivity index (χ1v) is 10.2. The molecule has 0 radical (unpaired) electrons. The largest absolute Gasteiger partial charge is 0.495 e. The SMILES string of the molecule is COc1ccccc1N1CC[C@@H](CNS(=O)(=O)Cc2ccc(F)cc2)C1. The van der Waals surface area contributed by atoms with E-state index in [1.54, 1.807) is 7.11 Å². The maximum Gasteiger partial charge on any atom is 0.215 e. The van der Waals surface area contributed by atoms with Gasteiger partial charge in [0.25, 0.3) is 0 Å². The lowest BCUT2D eigenvalue weighted by atomic mass is 10.1. The molecule has 1 aliphatic heterocycles. The van der Waals surface area contributed by atoms with Crippen LogP contribution in [0.1, 0.15) is 12.0 Å². The molecular formula is C19H23FN2O3S. The number of nitrogens with one attached hydrogen (secondary N) is 1. The summed E-state index contributed by atoms with van der Waals surface area (Å²) in [7, 11) is -1.80. The highest BCUT2D eigenvalue weighted by molar-refractivity contribution is 7.88. The van der Waals surface area contributed by atoms with Gasteiger partial charge < -0.3 is 9.64 Å². The lowest BCUT2D eigenvalue weighted by Gasteiger charge is -2.21. The number of sulfonamides is 1. The van der Waals surface area contributed by atoms with Gasteiger partial charge in [-0.2, -0.15) is 0 Å². The van der Waals surface area contributed by atoms with Crippen molar-refractivity contribution in [3.8, 4) is 5.75 Å². The van der Waals surface area contributed by atoms with Gasteiger partial charge in [0.2, 0.25) is 10.0 Å². The number of hydrogen-bond acceptors (Lipinski definition) is 4. The fourth-order valence-corrected chi connectivity index (χ4v) is 4.43. The molecule has 1 fully saturated rings. The second-order valence-electron chi connectivity index (χ2n) is 6.51. The van der Waals surface area contributed by atoms with Crippen LogP contribution in [0.2, 0.25) is 0 Å². The molecule has 0 aliphatic carbocycles. The van der Waals surface area contributed by atoms with Crippen LogP contribution in [-0.2, 0) is 15.8 Å². The second kappa shape index (κ2) is 8.05. The number of anilines is 1. The van der Waals surface area contributed by atoms with Gasteiger partial charge in [0, 0.05) is 19.6 Å². The number of ether oxygens (including phenoxy) is 1. The van der Waals surface area contributed by atoms with Crippen molar-refractivity contribution in [2.45, 2.75) is 12.2 Å². The van der Waals surface area contributed by atoms with E-state index in [4.69, 9.17) is 4.74 Å². The summed E-state index contributed by atoms with van der Waals surface area (Å²) >= 11 is 0. The summed E-state index contributed by atoms with van der Waals surface area (Å²) < 4.78 is 45.5. The number of methoxy groups -OCH3 is 1. The van der Waals surface area contributed by atoms with Crippen LogP contribution < -0.4 is 14.4 Å². The van der Waals surface area contributed by atoms with Crippen LogP contribution in [0, 0.1) is 11.7 Å². The maximum atomic E-state index is 12.9. The van der Waals surface area contributed by atoms with Crippen molar-refractivity contribution in [1.29, 1.82) is 0 Å². The Balaban J connectivity index is 1.54. The molecule has 140 valence electrons. The highest BCUT2D eigenvalue weighted by atomic mass is 32.2. The van der Waals surface area contributed by atoms with Crippen molar-refractivity contribution in [2.24, 2.45) is 5.92 Å². The van der Waals surface area contributed by atoms with Crippen molar-refractivity contribution in [3.05, 3.63) is 59.9 Å². The first-order valence-electron chi connectivity index (χ1n) is 8.56. The fourth-order valence-electron chi connectivity index (χ4n) is 3.20. The predicted molar refractivity (Wildman–Crippen MR) is 100 cm³/mol. The first-order chi connectivity index (χ1) is 12.5. The van der Waals surface area contributed by atoms with E-state index >= 15 is 0 Å². The summed E-state index contributed by atoms with van der Waals surface area (Å²) in [6, 6.07) is 13.4. The number of hydrogen-bond donors (Lipinski definition) is 1. The van der Waals surface area contributed by atoms with Crippen LogP contribution in [0.15, 0.2) is 48.5 Å².